The number of esters is 1. The van der Waals surface area contributed by atoms with Crippen molar-refractivity contribution >= 4 is 17.9 Å². The summed E-state index contributed by atoms with van der Waals surface area (Å²) in [5.74, 6) is -0.131. The molecule has 2 aromatic carbocycles. The van der Waals surface area contributed by atoms with Crippen LogP contribution in [0.15, 0.2) is 48.5 Å². The molecule has 0 aliphatic carbocycles. The highest BCUT2D eigenvalue weighted by atomic mass is 16.5. The molecule has 2 heterocycles. The van der Waals surface area contributed by atoms with Gasteiger partial charge in [0.1, 0.15) is 17.8 Å². The smallest absolute Gasteiger partial charge is 0.338 e. The maximum Gasteiger partial charge on any atom is 0.338 e. The van der Waals surface area contributed by atoms with Gasteiger partial charge in [-0.2, -0.15) is 0 Å². The highest BCUT2D eigenvalue weighted by molar-refractivity contribution is 6.03. The molecule has 2 aromatic rings. The molecule has 0 radical (unpaired) electrons. The Bertz CT molecular complexity index is 1200. The Kier molecular flexibility index (Phi) is 10.6. The van der Waals surface area contributed by atoms with Crippen LogP contribution in [0.2, 0.25) is 0 Å². The predicted molar refractivity (Wildman–Crippen MR) is 162 cm³/mol. The van der Waals surface area contributed by atoms with E-state index < -0.39 is 17.7 Å². The first-order chi connectivity index (χ1) is 20.2. The summed E-state index contributed by atoms with van der Waals surface area (Å²) in [5.41, 5.74) is 1.79. The number of carbonyl (C=O) groups excluding carboxylic acids is 3. The zero-order chi connectivity index (χ0) is 30.3. The van der Waals surface area contributed by atoms with Gasteiger partial charge in [-0.15, -0.1) is 0 Å². The average Bonchev–Trinajstić information content (AvgIpc) is 2.99. The van der Waals surface area contributed by atoms with Gasteiger partial charge in [-0.05, 0) is 63.1 Å². The number of likely N-dealkylation sites (N-methyl/N-ethyl adjacent to an activating group) is 1. The van der Waals surface area contributed by atoms with Gasteiger partial charge in [0, 0.05) is 32.7 Å². The van der Waals surface area contributed by atoms with Crippen LogP contribution in [-0.4, -0.2) is 85.2 Å². The number of piperazine rings is 1. The van der Waals surface area contributed by atoms with Gasteiger partial charge in [-0.1, -0.05) is 57.0 Å². The van der Waals surface area contributed by atoms with E-state index in [1.807, 2.05) is 45.0 Å². The third-order valence-corrected chi connectivity index (χ3v) is 8.76. The highest BCUT2D eigenvalue weighted by Gasteiger charge is 2.63. The molecule has 42 heavy (non-hydrogen) atoms. The van der Waals surface area contributed by atoms with Gasteiger partial charge >= 0.3 is 12.0 Å². The van der Waals surface area contributed by atoms with E-state index in [4.69, 9.17) is 9.47 Å². The van der Waals surface area contributed by atoms with Gasteiger partial charge in [0.15, 0.2) is 6.23 Å². The first kappa shape index (κ1) is 31.5. The number of carbonyl (C=O) groups is 3. The summed E-state index contributed by atoms with van der Waals surface area (Å²) in [7, 11) is 2.11. The van der Waals surface area contributed by atoms with Crippen LogP contribution < -0.4 is 10.1 Å². The maximum atomic E-state index is 13.5. The molecule has 1 N–H and O–H groups in total. The fourth-order valence-corrected chi connectivity index (χ4v) is 5.75. The van der Waals surface area contributed by atoms with Crippen molar-refractivity contribution in [3.05, 3.63) is 65.2 Å². The van der Waals surface area contributed by atoms with E-state index >= 15 is 0 Å². The molecule has 2 atom stereocenters. The molecule has 0 saturated carbocycles. The Labute approximate surface area is 250 Å². The predicted octanol–water partition coefficient (Wildman–Crippen LogP) is 5.00. The topological polar surface area (TPSA) is 91.4 Å². The number of β-lactam (4-membered cyclic amide) rings is 1. The van der Waals surface area contributed by atoms with E-state index in [2.05, 4.69) is 29.1 Å². The largest absolute Gasteiger partial charge is 0.469 e. The summed E-state index contributed by atoms with van der Waals surface area (Å²) in [6.07, 6.45) is 1.98. The number of imide groups is 1. The molecule has 4 rings (SSSR count). The van der Waals surface area contributed by atoms with Crippen molar-refractivity contribution in [2.75, 3.05) is 46.4 Å². The molecule has 0 spiro atoms. The van der Waals surface area contributed by atoms with Crippen molar-refractivity contribution in [3.8, 4) is 5.75 Å². The Morgan fingerprint density at radius 1 is 0.976 bits per heavy atom. The number of urea groups is 1. The van der Waals surface area contributed by atoms with Gasteiger partial charge in [0.25, 0.3) is 0 Å². The normalized spacial score (nSPS) is 19.6. The SMILES string of the molecule is CCC[C@H](NC(=O)N1C(=O)C(CC)(CC)[C@@H]1Oc1ccc(C(=O)OCCN2CCN(C)CC2)cc1)c1ccc(C)cc1. The third kappa shape index (κ3) is 6.95. The summed E-state index contributed by atoms with van der Waals surface area (Å²) in [6, 6.07) is 14.1. The van der Waals surface area contributed by atoms with Crippen LogP contribution in [0, 0.1) is 12.3 Å². The monoisotopic (exact) mass is 578 g/mol. The summed E-state index contributed by atoms with van der Waals surface area (Å²) in [5, 5.41) is 3.08. The number of aryl methyl sites for hydroxylation is 1. The number of ether oxygens (including phenoxy) is 2. The lowest BCUT2D eigenvalue weighted by Gasteiger charge is -2.53. The molecule has 9 nitrogen and oxygen atoms in total. The minimum atomic E-state index is -0.789. The van der Waals surface area contributed by atoms with Crippen LogP contribution in [0.1, 0.15) is 74.0 Å². The van der Waals surface area contributed by atoms with Crippen LogP contribution in [0.25, 0.3) is 0 Å². The number of hydrogen-bond acceptors (Lipinski definition) is 7. The van der Waals surface area contributed by atoms with Gasteiger partial charge in [-0.3, -0.25) is 9.69 Å². The molecule has 0 unspecified atom stereocenters. The first-order valence-electron chi connectivity index (χ1n) is 15.3. The Balaban J connectivity index is 1.40. The number of amides is 3. The van der Waals surface area contributed by atoms with E-state index in [1.165, 1.54) is 4.90 Å². The fraction of sp³-hybridized carbons (Fsp3) is 0.545. The van der Waals surface area contributed by atoms with Crippen LogP contribution in [-0.2, 0) is 9.53 Å². The van der Waals surface area contributed by atoms with Crippen molar-refractivity contribution in [2.45, 2.75) is 65.6 Å². The molecule has 3 amide bonds. The molecular weight excluding hydrogens is 532 g/mol. The summed E-state index contributed by atoms with van der Waals surface area (Å²) >= 11 is 0. The highest BCUT2D eigenvalue weighted by Crippen LogP contribution is 2.46. The van der Waals surface area contributed by atoms with E-state index in [9.17, 15) is 14.4 Å². The van der Waals surface area contributed by atoms with Gasteiger partial charge < -0.3 is 19.7 Å². The zero-order valence-electron chi connectivity index (χ0n) is 25.7. The standard InChI is InChI=1S/C33H46N4O5/c1-6-9-28(25-12-10-24(4)11-13-25)34-32(40)37-30(39)33(7-2,8-3)31(37)42-27-16-14-26(15-17-27)29(38)41-23-22-36-20-18-35(5)19-21-36/h10-17,28,31H,6-9,18-23H2,1-5H3,(H,34,40)/t28-,31-/m0/s1. The minimum absolute atomic E-state index is 0.212. The van der Waals surface area contributed by atoms with Crippen molar-refractivity contribution in [1.29, 1.82) is 0 Å². The van der Waals surface area contributed by atoms with Gasteiger partial charge in [0.2, 0.25) is 5.91 Å². The molecule has 2 saturated heterocycles. The summed E-state index contributed by atoms with van der Waals surface area (Å²) < 4.78 is 11.8. The molecule has 9 heteroatoms. The molecule has 2 aliphatic rings. The Hall–Kier alpha value is -3.43. The van der Waals surface area contributed by atoms with E-state index in [1.54, 1.807) is 24.3 Å². The van der Waals surface area contributed by atoms with Crippen LogP contribution in [0.5, 0.6) is 5.75 Å². The van der Waals surface area contributed by atoms with E-state index in [0.717, 1.165) is 50.1 Å². The number of rotatable bonds is 12. The summed E-state index contributed by atoms with van der Waals surface area (Å²) in [4.78, 5) is 45.3. The lowest BCUT2D eigenvalue weighted by molar-refractivity contribution is -0.191. The number of likely N-dealkylation sites (tertiary alicyclic amines) is 1. The number of nitrogens with one attached hydrogen (secondary N) is 1. The second-order valence-electron chi connectivity index (χ2n) is 11.5. The third-order valence-electron chi connectivity index (χ3n) is 8.76. The van der Waals surface area contributed by atoms with Crippen molar-refractivity contribution in [3.63, 3.8) is 0 Å². The Morgan fingerprint density at radius 3 is 2.21 bits per heavy atom. The first-order valence-corrected chi connectivity index (χ1v) is 15.3. The molecular formula is C33H46N4O5. The second-order valence-corrected chi connectivity index (χ2v) is 11.5. The van der Waals surface area contributed by atoms with Crippen molar-refractivity contribution < 1.29 is 23.9 Å². The molecule has 228 valence electrons. The van der Waals surface area contributed by atoms with Crippen molar-refractivity contribution in [1.82, 2.24) is 20.0 Å². The lowest BCUT2D eigenvalue weighted by atomic mass is 9.72. The zero-order valence-corrected chi connectivity index (χ0v) is 25.7. The van der Waals surface area contributed by atoms with Crippen LogP contribution >= 0.6 is 0 Å². The molecule has 2 aliphatic heterocycles. The minimum Gasteiger partial charge on any atom is -0.469 e. The maximum absolute atomic E-state index is 13.5. The quantitative estimate of drug-likeness (QED) is 0.280. The van der Waals surface area contributed by atoms with E-state index in [-0.39, 0.29) is 17.9 Å². The molecule has 0 aromatic heterocycles. The number of benzene rings is 2. The average molecular weight is 579 g/mol. The molecule has 2 fully saturated rings. The van der Waals surface area contributed by atoms with Crippen LogP contribution in [0.4, 0.5) is 4.79 Å². The molecule has 0 bridgehead atoms. The Morgan fingerprint density at radius 2 is 1.62 bits per heavy atom. The fourth-order valence-electron chi connectivity index (χ4n) is 5.75. The summed E-state index contributed by atoms with van der Waals surface area (Å²) in [6.45, 7) is 13.0. The number of hydrogen-bond donors (Lipinski definition) is 1. The van der Waals surface area contributed by atoms with Gasteiger partial charge in [0.05, 0.1) is 11.6 Å². The second kappa shape index (κ2) is 14.2. The van der Waals surface area contributed by atoms with Crippen LogP contribution in [0.3, 0.4) is 0 Å². The van der Waals surface area contributed by atoms with E-state index in [0.29, 0.717) is 37.3 Å². The number of nitrogens with zero attached hydrogens (tertiary/aromatic N) is 3. The van der Waals surface area contributed by atoms with Gasteiger partial charge in [-0.25, -0.2) is 14.5 Å². The lowest BCUT2D eigenvalue weighted by Crippen LogP contribution is -2.73. The van der Waals surface area contributed by atoms with Crippen molar-refractivity contribution in [2.24, 2.45) is 5.41 Å².